The van der Waals surface area contributed by atoms with Crippen molar-refractivity contribution in [2.75, 3.05) is 0 Å². The van der Waals surface area contributed by atoms with Gasteiger partial charge in [0.05, 0.1) is 0 Å². The Bertz CT molecular complexity index is 307. The van der Waals surface area contributed by atoms with Gasteiger partial charge in [0, 0.05) is 6.54 Å². The number of hydrogen-bond acceptors (Lipinski definition) is 1. The third-order valence-corrected chi connectivity index (χ3v) is 4.27. The summed E-state index contributed by atoms with van der Waals surface area (Å²) in [5, 5.41) is 1.86. The second kappa shape index (κ2) is 5.63. The highest BCUT2D eigenvalue weighted by atomic mass is 31.1. The van der Waals surface area contributed by atoms with Crippen LogP contribution in [0.1, 0.15) is 39.2 Å². The molecule has 1 aromatic rings. The van der Waals surface area contributed by atoms with Crippen LogP contribution in [0.4, 0.5) is 0 Å². The molecule has 0 bridgehead atoms. The standard InChI is InChI=1S/C13H22NP/c1-4-9-13(2,3)15-12-8-6-5-7-11(12)10-14/h5-8,15H,4,9-10,14H2,1-3H3. The average Bonchev–Trinajstić information content (AvgIpc) is 2.17. The number of benzene rings is 1. The third kappa shape index (κ3) is 3.93. The molecule has 0 aromatic heterocycles. The Balaban J connectivity index is 2.79. The Morgan fingerprint density at radius 1 is 1.27 bits per heavy atom. The summed E-state index contributed by atoms with van der Waals surface area (Å²) in [5.41, 5.74) is 7.05. The van der Waals surface area contributed by atoms with Gasteiger partial charge in [-0.25, -0.2) is 0 Å². The first kappa shape index (κ1) is 12.7. The van der Waals surface area contributed by atoms with E-state index in [1.54, 1.807) is 0 Å². The molecule has 1 nitrogen and oxygen atoms in total. The van der Waals surface area contributed by atoms with Crippen LogP contribution < -0.4 is 11.0 Å². The second-order valence-electron chi connectivity index (χ2n) is 4.62. The van der Waals surface area contributed by atoms with Crippen LogP contribution in [0.25, 0.3) is 0 Å². The first-order chi connectivity index (χ1) is 7.09. The normalized spacial score (nSPS) is 12.5. The van der Waals surface area contributed by atoms with Crippen molar-refractivity contribution < 1.29 is 0 Å². The van der Waals surface area contributed by atoms with Crippen molar-refractivity contribution in [2.24, 2.45) is 5.73 Å². The fourth-order valence-electron chi connectivity index (χ4n) is 1.87. The maximum Gasteiger partial charge on any atom is 0.0184 e. The van der Waals surface area contributed by atoms with E-state index in [1.807, 2.05) is 0 Å². The van der Waals surface area contributed by atoms with Gasteiger partial charge in [0.2, 0.25) is 0 Å². The van der Waals surface area contributed by atoms with Crippen molar-refractivity contribution in [1.29, 1.82) is 0 Å². The molecule has 84 valence electrons. The molecule has 1 aromatic carbocycles. The second-order valence-corrected chi connectivity index (χ2v) is 6.76. The van der Waals surface area contributed by atoms with E-state index in [9.17, 15) is 0 Å². The van der Waals surface area contributed by atoms with Crippen LogP contribution in [-0.4, -0.2) is 5.16 Å². The van der Waals surface area contributed by atoms with Crippen molar-refractivity contribution in [3.05, 3.63) is 29.8 Å². The van der Waals surface area contributed by atoms with Crippen LogP contribution in [0.5, 0.6) is 0 Å². The van der Waals surface area contributed by atoms with Crippen LogP contribution in [0.2, 0.25) is 0 Å². The molecule has 0 amide bonds. The fraction of sp³-hybridized carbons (Fsp3) is 0.538. The van der Waals surface area contributed by atoms with Gasteiger partial charge in [-0.05, 0) is 22.4 Å². The van der Waals surface area contributed by atoms with Gasteiger partial charge in [0.1, 0.15) is 0 Å². The van der Waals surface area contributed by atoms with E-state index >= 15 is 0 Å². The van der Waals surface area contributed by atoms with Gasteiger partial charge in [-0.15, -0.1) is 0 Å². The van der Waals surface area contributed by atoms with E-state index in [1.165, 1.54) is 23.7 Å². The fourth-order valence-corrected chi connectivity index (χ4v) is 3.50. The summed E-state index contributed by atoms with van der Waals surface area (Å²) < 4.78 is 0. The van der Waals surface area contributed by atoms with Crippen LogP contribution >= 0.6 is 8.58 Å². The first-order valence-corrected chi connectivity index (χ1v) is 6.65. The molecule has 0 radical (unpaired) electrons. The molecule has 1 rings (SSSR count). The lowest BCUT2D eigenvalue weighted by atomic mass is 10.1. The smallest absolute Gasteiger partial charge is 0.0184 e. The molecular weight excluding hydrogens is 201 g/mol. The summed E-state index contributed by atoms with van der Waals surface area (Å²) in [7, 11) is 0.864. The Labute approximate surface area is 95.2 Å². The molecule has 1 atom stereocenters. The van der Waals surface area contributed by atoms with Gasteiger partial charge in [-0.3, -0.25) is 0 Å². The molecule has 2 heteroatoms. The minimum Gasteiger partial charge on any atom is -0.326 e. The van der Waals surface area contributed by atoms with Crippen LogP contribution in [0.15, 0.2) is 24.3 Å². The molecule has 0 saturated carbocycles. The maximum atomic E-state index is 5.75. The van der Waals surface area contributed by atoms with Gasteiger partial charge >= 0.3 is 0 Å². The van der Waals surface area contributed by atoms with Crippen molar-refractivity contribution in [1.82, 2.24) is 0 Å². The van der Waals surface area contributed by atoms with Gasteiger partial charge in [0.25, 0.3) is 0 Å². The lowest BCUT2D eigenvalue weighted by molar-refractivity contribution is 0.623. The predicted octanol–water partition coefficient (Wildman–Crippen LogP) is 3.03. The zero-order chi connectivity index (χ0) is 11.3. The van der Waals surface area contributed by atoms with E-state index in [0.717, 1.165) is 8.58 Å². The van der Waals surface area contributed by atoms with E-state index in [2.05, 4.69) is 45.0 Å². The summed E-state index contributed by atoms with van der Waals surface area (Å²) in [6, 6.07) is 8.55. The molecule has 0 aliphatic heterocycles. The zero-order valence-electron chi connectivity index (χ0n) is 10.0. The summed E-state index contributed by atoms with van der Waals surface area (Å²) in [5.74, 6) is 0. The zero-order valence-corrected chi connectivity index (χ0v) is 11.0. The van der Waals surface area contributed by atoms with Crippen molar-refractivity contribution in [3.63, 3.8) is 0 Å². The highest BCUT2D eigenvalue weighted by molar-refractivity contribution is 7.49. The van der Waals surface area contributed by atoms with Gasteiger partial charge < -0.3 is 5.73 Å². The minimum atomic E-state index is 0.417. The Morgan fingerprint density at radius 3 is 2.53 bits per heavy atom. The Kier molecular flexibility index (Phi) is 4.76. The molecular formula is C13H22NP. The lowest BCUT2D eigenvalue weighted by Crippen LogP contribution is -2.19. The topological polar surface area (TPSA) is 26.0 Å². The number of hydrogen-bond donors (Lipinski definition) is 1. The van der Waals surface area contributed by atoms with Crippen molar-refractivity contribution >= 4 is 13.9 Å². The van der Waals surface area contributed by atoms with Crippen molar-refractivity contribution in [3.8, 4) is 0 Å². The minimum absolute atomic E-state index is 0.417. The monoisotopic (exact) mass is 223 g/mol. The number of rotatable bonds is 5. The van der Waals surface area contributed by atoms with Crippen LogP contribution in [0, 0.1) is 0 Å². The predicted molar refractivity (Wildman–Crippen MR) is 71.3 cm³/mol. The quantitative estimate of drug-likeness (QED) is 0.763. The SMILES string of the molecule is CCCC(C)(C)Pc1ccccc1CN. The highest BCUT2D eigenvalue weighted by Crippen LogP contribution is 2.35. The molecule has 0 heterocycles. The first-order valence-electron chi connectivity index (χ1n) is 5.65. The Hall–Kier alpha value is -0.390. The Morgan fingerprint density at radius 2 is 1.93 bits per heavy atom. The summed E-state index contributed by atoms with van der Waals surface area (Å²) in [4.78, 5) is 0. The van der Waals surface area contributed by atoms with E-state index in [-0.39, 0.29) is 0 Å². The van der Waals surface area contributed by atoms with Crippen LogP contribution in [-0.2, 0) is 6.54 Å². The highest BCUT2D eigenvalue weighted by Gasteiger charge is 2.18. The van der Waals surface area contributed by atoms with Crippen molar-refractivity contribution in [2.45, 2.75) is 45.3 Å². The molecule has 2 N–H and O–H groups in total. The van der Waals surface area contributed by atoms with E-state index in [0.29, 0.717) is 11.7 Å². The molecule has 1 unspecified atom stereocenters. The third-order valence-electron chi connectivity index (χ3n) is 2.59. The van der Waals surface area contributed by atoms with Crippen LogP contribution in [0.3, 0.4) is 0 Å². The molecule has 0 aliphatic rings. The van der Waals surface area contributed by atoms with E-state index < -0.39 is 0 Å². The summed E-state index contributed by atoms with van der Waals surface area (Å²) >= 11 is 0. The lowest BCUT2D eigenvalue weighted by Gasteiger charge is -2.25. The average molecular weight is 223 g/mol. The van der Waals surface area contributed by atoms with Gasteiger partial charge in [-0.2, -0.15) is 0 Å². The largest absolute Gasteiger partial charge is 0.326 e. The van der Waals surface area contributed by atoms with E-state index in [4.69, 9.17) is 5.73 Å². The summed E-state index contributed by atoms with van der Waals surface area (Å²) in [6.07, 6.45) is 2.54. The number of nitrogens with two attached hydrogens (primary N) is 1. The molecule has 15 heavy (non-hydrogen) atoms. The van der Waals surface area contributed by atoms with Gasteiger partial charge in [-0.1, -0.05) is 60.0 Å². The molecule has 0 fully saturated rings. The molecule has 0 aliphatic carbocycles. The molecule has 0 spiro atoms. The molecule has 0 saturated heterocycles. The van der Waals surface area contributed by atoms with Gasteiger partial charge in [0.15, 0.2) is 0 Å². The maximum absolute atomic E-state index is 5.75. The summed E-state index contributed by atoms with van der Waals surface area (Å²) in [6.45, 7) is 7.61.